The van der Waals surface area contributed by atoms with E-state index in [1.165, 1.54) is 0 Å². The number of ketones is 2. The fourth-order valence-electron chi connectivity index (χ4n) is 7.14. The smallest absolute Gasteiger partial charge is 0.200 e. The summed E-state index contributed by atoms with van der Waals surface area (Å²) in [5.41, 5.74) is 0.0439. The lowest BCUT2D eigenvalue weighted by Gasteiger charge is -2.56. The summed E-state index contributed by atoms with van der Waals surface area (Å²) >= 11 is 0. The van der Waals surface area contributed by atoms with Crippen molar-refractivity contribution >= 4 is 11.6 Å². The van der Waals surface area contributed by atoms with Gasteiger partial charge in [0.15, 0.2) is 22.8 Å². The first kappa shape index (κ1) is 28.4. The lowest BCUT2D eigenvalue weighted by molar-refractivity contribution is -0.171. The summed E-state index contributed by atoms with van der Waals surface area (Å²) < 4.78 is 13.6. The van der Waals surface area contributed by atoms with Crippen LogP contribution in [0.4, 0.5) is 0 Å². The van der Waals surface area contributed by atoms with Gasteiger partial charge in [0.2, 0.25) is 0 Å². The second kappa shape index (κ2) is 9.45. The number of benzene rings is 1. The largest absolute Gasteiger partial charge is 0.507 e. The van der Waals surface area contributed by atoms with Gasteiger partial charge in [0.25, 0.3) is 0 Å². The molecule has 40 heavy (non-hydrogen) atoms. The van der Waals surface area contributed by atoms with Crippen LogP contribution in [0.1, 0.15) is 82.8 Å². The molecule has 0 radical (unpaired) electrons. The summed E-state index contributed by atoms with van der Waals surface area (Å²) in [5.74, 6) is -1.68. The third kappa shape index (κ3) is 3.77. The second-order valence-corrected chi connectivity index (χ2v) is 12.8. The molecule has 3 N–H and O–H groups in total. The van der Waals surface area contributed by atoms with Gasteiger partial charge in [-0.2, -0.15) is 0 Å². The van der Waals surface area contributed by atoms with E-state index in [1.54, 1.807) is 19.1 Å². The number of aliphatic hydroxyl groups excluding tert-OH is 1. The number of phenolic OH excluding ortho intramolecular Hbond substituents is 2. The number of allylic oxidation sites excluding steroid dienone is 5. The fourth-order valence-corrected chi connectivity index (χ4v) is 7.14. The molecule has 1 aromatic rings. The Kier molecular flexibility index (Phi) is 6.70. The van der Waals surface area contributed by atoms with E-state index >= 15 is 0 Å². The zero-order valence-electron chi connectivity index (χ0n) is 24.5. The van der Waals surface area contributed by atoms with Crippen LogP contribution in [0, 0.1) is 11.8 Å². The van der Waals surface area contributed by atoms with Crippen molar-refractivity contribution in [3.8, 4) is 17.2 Å². The molecular weight excluding hydrogens is 508 g/mol. The normalized spacial score (nSPS) is 29.4. The topological polar surface area (TPSA) is 113 Å². The lowest BCUT2D eigenvalue weighted by Crippen LogP contribution is -2.72. The number of carbonyl (C=O) groups is 2. The zero-order chi connectivity index (χ0) is 29.4. The molecule has 2 fully saturated rings. The maximum Gasteiger partial charge on any atom is 0.200 e. The minimum Gasteiger partial charge on any atom is -0.507 e. The van der Waals surface area contributed by atoms with Crippen molar-refractivity contribution in [2.75, 3.05) is 6.61 Å². The minimum atomic E-state index is -1.49. The molecule has 2 aliphatic heterocycles. The molecule has 4 bridgehead atoms. The fraction of sp³-hybridized carbons (Fsp3) is 0.515. The summed E-state index contributed by atoms with van der Waals surface area (Å²) in [7, 11) is 0. The number of aliphatic hydroxyl groups is 1. The van der Waals surface area contributed by atoms with Crippen molar-refractivity contribution in [2.24, 2.45) is 11.8 Å². The van der Waals surface area contributed by atoms with Crippen molar-refractivity contribution < 1.29 is 34.4 Å². The Bertz CT molecular complexity index is 1430. The maximum atomic E-state index is 14.5. The number of phenols is 2. The maximum absolute atomic E-state index is 14.5. The van der Waals surface area contributed by atoms with Crippen molar-refractivity contribution in [2.45, 2.75) is 91.0 Å². The number of ether oxygens (including phenoxy) is 2. The summed E-state index contributed by atoms with van der Waals surface area (Å²) in [4.78, 5) is 28.6. The van der Waals surface area contributed by atoms with Gasteiger partial charge in [0.1, 0.15) is 22.8 Å². The van der Waals surface area contributed by atoms with E-state index in [-0.39, 0.29) is 65.9 Å². The molecule has 1 saturated heterocycles. The number of aromatic hydroxyl groups is 2. The van der Waals surface area contributed by atoms with Gasteiger partial charge in [-0.25, -0.2) is 0 Å². The Morgan fingerprint density at radius 2 is 1.60 bits per heavy atom. The van der Waals surface area contributed by atoms with Crippen LogP contribution in [-0.4, -0.2) is 50.3 Å². The molecule has 1 spiro atoms. The van der Waals surface area contributed by atoms with Crippen LogP contribution in [0.2, 0.25) is 0 Å². The molecule has 2 heterocycles. The van der Waals surface area contributed by atoms with Gasteiger partial charge in [-0.05, 0) is 67.7 Å². The van der Waals surface area contributed by atoms with E-state index in [1.807, 2.05) is 53.7 Å². The van der Waals surface area contributed by atoms with Gasteiger partial charge in [-0.3, -0.25) is 9.59 Å². The first-order valence-corrected chi connectivity index (χ1v) is 14.0. The highest BCUT2D eigenvalue weighted by atomic mass is 16.6. The van der Waals surface area contributed by atoms with Gasteiger partial charge in [0.05, 0.1) is 12.2 Å². The molecule has 0 unspecified atom stereocenters. The molecule has 4 atom stereocenters. The number of carbonyl (C=O) groups excluding carboxylic acids is 2. The van der Waals surface area contributed by atoms with Crippen LogP contribution in [0.15, 0.2) is 46.6 Å². The highest BCUT2D eigenvalue weighted by Crippen LogP contribution is 2.68. The number of Topliss-reactive ketones (excluding diaryl/α,β-unsaturated/α-hetero) is 2. The number of fused-ring (bicyclic) bond motifs is 1. The molecule has 214 valence electrons. The molecule has 1 saturated carbocycles. The predicted molar refractivity (Wildman–Crippen MR) is 152 cm³/mol. The van der Waals surface area contributed by atoms with Crippen LogP contribution in [0.3, 0.4) is 0 Å². The highest BCUT2D eigenvalue weighted by Gasteiger charge is 2.81. The SMILES string of the molecule is CC(C)=CCc1c(O)c(CC=C(C)C)c2c(c1O)C(=O)C1=C[C@@H]3C[C@H]4C(C)(C)O[C@@](CC=C(C)CO)(C3=O)[C@@]14O2. The first-order chi connectivity index (χ1) is 18.7. The molecule has 7 nitrogen and oxygen atoms in total. The van der Waals surface area contributed by atoms with E-state index in [0.29, 0.717) is 23.1 Å². The Hall–Kier alpha value is -3.16. The van der Waals surface area contributed by atoms with Gasteiger partial charge in [-0.15, -0.1) is 0 Å². The summed E-state index contributed by atoms with van der Waals surface area (Å²) in [6.07, 6.45) is 8.47. The molecule has 7 heteroatoms. The second-order valence-electron chi connectivity index (χ2n) is 12.8. The summed E-state index contributed by atoms with van der Waals surface area (Å²) in [6, 6.07) is 0. The molecule has 6 rings (SSSR count). The first-order valence-electron chi connectivity index (χ1n) is 14.0. The minimum absolute atomic E-state index is 0.0263. The van der Waals surface area contributed by atoms with Crippen LogP contribution >= 0.6 is 0 Å². The Morgan fingerprint density at radius 1 is 0.975 bits per heavy atom. The predicted octanol–water partition coefficient (Wildman–Crippen LogP) is 5.45. The molecule has 3 aliphatic carbocycles. The third-order valence-corrected chi connectivity index (χ3v) is 9.11. The van der Waals surface area contributed by atoms with Crippen molar-refractivity contribution in [1.82, 2.24) is 0 Å². The number of hydrogen-bond acceptors (Lipinski definition) is 7. The third-order valence-electron chi connectivity index (χ3n) is 9.11. The molecule has 0 amide bonds. The van der Waals surface area contributed by atoms with Crippen LogP contribution in [0.25, 0.3) is 0 Å². The van der Waals surface area contributed by atoms with E-state index in [0.717, 1.165) is 11.1 Å². The van der Waals surface area contributed by atoms with E-state index in [2.05, 4.69) is 0 Å². The summed E-state index contributed by atoms with van der Waals surface area (Å²) in [6.45, 7) is 13.2. The quantitative estimate of drug-likeness (QED) is 0.388. The Morgan fingerprint density at radius 3 is 2.20 bits per heavy atom. The number of rotatable bonds is 7. The van der Waals surface area contributed by atoms with Crippen molar-refractivity contribution in [3.63, 3.8) is 0 Å². The van der Waals surface area contributed by atoms with Gasteiger partial charge < -0.3 is 24.8 Å². The Labute approximate surface area is 235 Å². The van der Waals surface area contributed by atoms with Gasteiger partial charge >= 0.3 is 0 Å². The van der Waals surface area contributed by atoms with Crippen molar-refractivity contribution in [3.05, 3.63) is 63.3 Å². The highest BCUT2D eigenvalue weighted by molar-refractivity contribution is 6.18. The lowest BCUT2D eigenvalue weighted by atomic mass is 9.51. The van der Waals surface area contributed by atoms with E-state index in [4.69, 9.17) is 9.47 Å². The van der Waals surface area contributed by atoms with Crippen LogP contribution < -0.4 is 4.74 Å². The Balaban J connectivity index is 1.81. The monoisotopic (exact) mass is 548 g/mol. The van der Waals surface area contributed by atoms with Crippen LogP contribution in [0.5, 0.6) is 17.2 Å². The molecule has 0 aromatic heterocycles. The molecule has 1 aromatic carbocycles. The standard InChI is InChI=1S/C33H40O7/c1-17(2)8-10-21-26(35)22(11-9-18(3)4)29-25(27(21)36)28(37)23-14-20-15-24-31(6,7)40-32(30(20)38,33(23,24)39-29)13-12-19(5)16-34/h8-9,12,14,20,24,34-36H,10-11,13,15-16H2,1-7H3/t20-,24+,32+,33-/m1/s1. The molecular formula is C33H40O7. The van der Waals surface area contributed by atoms with Gasteiger partial charge in [-0.1, -0.05) is 41.0 Å². The summed E-state index contributed by atoms with van der Waals surface area (Å²) in [5, 5.41) is 32.7. The molecule has 5 aliphatic rings. The zero-order valence-corrected chi connectivity index (χ0v) is 24.5. The average Bonchev–Trinajstić information content (AvgIpc) is 3.03. The van der Waals surface area contributed by atoms with Crippen LogP contribution in [-0.2, 0) is 22.4 Å². The van der Waals surface area contributed by atoms with Crippen molar-refractivity contribution in [1.29, 1.82) is 0 Å². The van der Waals surface area contributed by atoms with E-state index < -0.39 is 28.5 Å². The number of hydrogen-bond donors (Lipinski definition) is 3. The van der Waals surface area contributed by atoms with E-state index in [9.17, 15) is 24.9 Å². The van der Waals surface area contributed by atoms with Gasteiger partial charge in [0, 0.05) is 35.0 Å². The average molecular weight is 549 g/mol.